The molecule has 0 radical (unpaired) electrons. The molecule has 4 rings (SSSR count). The van der Waals surface area contributed by atoms with Crippen LogP contribution < -0.4 is 15.5 Å². The fourth-order valence-corrected chi connectivity index (χ4v) is 2.98. The smallest absolute Gasteiger partial charge is 0.261 e. The highest BCUT2D eigenvalue weighted by molar-refractivity contribution is 6.29. The predicted octanol–water partition coefficient (Wildman–Crippen LogP) is 1.91. The van der Waals surface area contributed by atoms with Crippen LogP contribution in [0.3, 0.4) is 0 Å². The van der Waals surface area contributed by atoms with Gasteiger partial charge < -0.3 is 10.6 Å². The number of hydrogen-bond acceptors (Lipinski definition) is 3. The number of carbonyl (C=O) groups excluding carboxylic acids is 3. The first-order valence-corrected chi connectivity index (χ1v) is 7.21. The van der Waals surface area contributed by atoms with Crippen molar-refractivity contribution in [3.05, 3.63) is 53.6 Å². The van der Waals surface area contributed by atoms with E-state index in [-0.39, 0.29) is 5.91 Å². The standard InChI is InChI=1S/C17H13N3O3/c1-9-6-7-11-10(8-9)17(23)20-13-5-3-2-4-12(13)19-16(22)14(20)15(21)18-11/h2-8,14H,1H3,(H,18,21)(H,19,22). The van der Waals surface area contributed by atoms with Crippen molar-refractivity contribution in [3.8, 4) is 0 Å². The molecule has 0 bridgehead atoms. The monoisotopic (exact) mass is 307 g/mol. The number of carbonyl (C=O) groups is 3. The summed E-state index contributed by atoms with van der Waals surface area (Å²) in [6.45, 7) is 1.87. The normalized spacial score (nSPS) is 19.1. The van der Waals surface area contributed by atoms with E-state index in [1.807, 2.05) is 13.0 Å². The molecule has 1 unspecified atom stereocenters. The van der Waals surface area contributed by atoms with Crippen LogP contribution in [0, 0.1) is 6.92 Å². The number of rotatable bonds is 0. The second-order valence-corrected chi connectivity index (χ2v) is 5.62. The molecular weight excluding hydrogens is 294 g/mol. The molecule has 0 saturated heterocycles. The van der Waals surface area contributed by atoms with Crippen LogP contribution in [-0.2, 0) is 9.59 Å². The molecule has 6 nitrogen and oxygen atoms in total. The maximum Gasteiger partial charge on any atom is 0.261 e. The van der Waals surface area contributed by atoms with Gasteiger partial charge in [0.25, 0.3) is 17.7 Å². The number of anilines is 3. The lowest BCUT2D eigenvalue weighted by Crippen LogP contribution is -2.55. The van der Waals surface area contributed by atoms with Crippen molar-refractivity contribution in [2.45, 2.75) is 13.0 Å². The second-order valence-electron chi connectivity index (χ2n) is 5.62. The molecule has 3 amide bonds. The molecule has 0 aromatic heterocycles. The van der Waals surface area contributed by atoms with E-state index in [9.17, 15) is 14.4 Å². The van der Waals surface area contributed by atoms with Gasteiger partial charge in [0.1, 0.15) is 0 Å². The van der Waals surface area contributed by atoms with Gasteiger partial charge in [0.2, 0.25) is 0 Å². The molecule has 2 aliphatic heterocycles. The molecule has 0 saturated carbocycles. The highest BCUT2D eigenvalue weighted by atomic mass is 16.2. The van der Waals surface area contributed by atoms with Crippen LogP contribution in [0.5, 0.6) is 0 Å². The molecule has 0 aliphatic carbocycles. The first-order valence-electron chi connectivity index (χ1n) is 7.21. The van der Waals surface area contributed by atoms with Crippen LogP contribution in [0.15, 0.2) is 42.5 Å². The van der Waals surface area contributed by atoms with E-state index >= 15 is 0 Å². The van der Waals surface area contributed by atoms with E-state index in [2.05, 4.69) is 10.6 Å². The molecule has 2 heterocycles. The maximum absolute atomic E-state index is 13.0. The Morgan fingerprint density at radius 1 is 0.913 bits per heavy atom. The molecule has 2 N–H and O–H groups in total. The number of fused-ring (bicyclic) bond motifs is 4. The Bertz CT molecular complexity index is 875. The SMILES string of the molecule is Cc1ccc2c(c1)C(=O)N1c3ccccc3NC(=O)C1C(=O)N2. The van der Waals surface area contributed by atoms with Gasteiger partial charge >= 0.3 is 0 Å². The van der Waals surface area contributed by atoms with E-state index < -0.39 is 17.9 Å². The Kier molecular flexibility index (Phi) is 2.74. The predicted molar refractivity (Wildman–Crippen MR) is 85.5 cm³/mol. The first-order chi connectivity index (χ1) is 11.1. The van der Waals surface area contributed by atoms with E-state index in [0.717, 1.165) is 5.56 Å². The van der Waals surface area contributed by atoms with Crippen LogP contribution in [0.2, 0.25) is 0 Å². The summed E-state index contributed by atoms with van der Waals surface area (Å²) in [5, 5.41) is 5.36. The molecule has 0 spiro atoms. The zero-order chi connectivity index (χ0) is 16.1. The van der Waals surface area contributed by atoms with Crippen molar-refractivity contribution < 1.29 is 14.4 Å². The van der Waals surface area contributed by atoms with Crippen molar-refractivity contribution >= 4 is 34.8 Å². The van der Waals surface area contributed by atoms with Crippen molar-refractivity contribution in [3.63, 3.8) is 0 Å². The van der Waals surface area contributed by atoms with Crippen molar-refractivity contribution in [2.24, 2.45) is 0 Å². The topological polar surface area (TPSA) is 78.5 Å². The van der Waals surface area contributed by atoms with Gasteiger partial charge in [0, 0.05) is 0 Å². The lowest BCUT2D eigenvalue weighted by atomic mass is 10.1. The van der Waals surface area contributed by atoms with Gasteiger partial charge in [-0.2, -0.15) is 0 Å². The van der Waals surface area contributed by atoms with E-state index in [4.69, 9.17) is 0 Å². The van der Waals surface area contributed by atoms with Crippen LogP contribution in [0.25, 0.3) is 0 Å². The molecule has 23 heavy (non-hydrogen) atoms. The van der Waals surface area contributed by atoms with Crippen LogP contribution in [-0.4, -0.2) is 23.8 Å². The minimum atomic E-state index is -1.22. The maximum atomic E-state index is 13.0. The summed E-state index contributed by atoms with van der Waals surface area (Å²) in [5.74, 6) is -1.40. The van der Waals surface area contributed by atoms with Crippen molar-refractivity contribution in [1.82, 2.24) is 0 Å². The van der Waals surface area contributed by atoms with Gasteiger partial charge in [-0.15, -0.1) is 0 Å². The summed E-state index contributed by atoms with van der Waals surface area (Å²) < 4.78 is 0. The van der Waals surface area contributed by atoms with E-state index in [1.165, 1.54) is 4.90 Å². The number of hydrogen-bond donors (Lipinski definition) is 2. The Morgan fingerprint density at radius 2 is 1.61 bits per heavy atom. The lowest BCUT2D eigenvalue weighted by molar-refractivity contribution is -0.125. The molecule has 2 aromatic rings. The third-order valence-corrected chi connectivity index (χ3v) is 4.06. The average molecular weight is 307 g/mol. The largest absolute Gasteiger partial charge is 0.323 e. The van der Waals surface area contributed by atoms with Gasteiger partial charge in [-0.3, -0.25) is 19.3 Å². The van der Waals surface area contributed by atoms with Crippen LogP contribution in [0.1, 0.15) is 15.9 Å². The zero-order valence-electron chi connectivity index (χ0n) is 12.3. The highest BCUT2D eigenvalue weighted by Gasteiger charge is 2.44. The Balaban J connectivity index is 1.96. The van der Waals surface area contributed by atoms with Crippen molar-refractivity contribution in [1.29, 1.82) is 0 Å². The van der Waals surface area contributed by atoms with E-state index in [1.54, 1.807) is 36.4 Å². The Morgan fingerprint density at radius 3 is 2.39 bits per heavy atom. The summed E-state index contributed by atoms with van der Waals surface area (Å²) in [6, 6.07) is 10.9. The number of benzene rings is 2. The number of para-hydroxylation sites is 2. The fraction of sp³-hybridized carbons (Fsp3) is 0.118. The first kappa shape index (κ1) is 13.5. The average Bonchev–Trinajstić information content (AvgIpc) is 2.64. The number of nitrogens with one attached hydrogen (secondary N) is 2. The Hall–Kier alpha value is -3.15. The van der Waals surface area contributed by atoms with Gasteiger partial charge in [0.15, 0.2) is 6.04 Å². The van der Waals surface area contributed by atoms with Gasteiger partial charge in [0.05, 0.1) is 22.6 Å². The molecular formula is C17H13N3O3. The van der Waals surface area contributed by atoms with Crippen LogP contribution in [0.4, 0.5) is 17.1 Å². The third kappa shape index (κ3) is 1.92. The molecule has 2 aromatic carbocycles. The summed E-state index contributed by atoms with van der Waals surface area (Å²) >= 11 is 0. The minimum absolute atomic E-state index is 0.366. The summed E-state index contributed by atoms with van der Waals surface area (Å²) in [5.41, 5.74) is 2.74. The molecule has 114 valence electrons. The quantitative estimate of drug-likeness (QED) is 0.730. The summed E-state index contributed by atoms with van der Waals surface area (Å²) in [7, 11) is 0. The molecule has 0 fully saturated rings. The van der Waals surface area contributed by atoms with E-state index in [0.29, 0.717) is 22.6 Å². The van der Waals surface area contributed by atoms with Gasteiger partial charge in [-0.25, -0.2) is 0 Å². The fourth-order valence-electron chi connectivity index (χ4n) is 2.98. The van der Waals surface area contributed by atoms with Crippen LogP contribution >= 0.6 is 0 Å². The minimum Gasteiger partial charge on any atom is -0.323 e. The number of nitrogens with zero attached hydrogens (tertiary/aromatic N) is 1. The summed E-state index contributed by atoms with van der Waals surface area (Å²) in [4.78, 5) is 39.2. The lowest BCUT2D eigenvalue weighted by Gasteiger charge is -2.33. The molecule has 1 atom stereocenters. The Labute approximate surface area is 132 Å². The number of aryl methyl sites for hydroxylation is 1. The summed E-state index contributed by atoms with van der Waals surface area (Å²) in [6.07, 6.45) is 0. The van der Waals surface area contributed by atoms with Gasteiger partial charge in [-0.05, 0) is 31.2 Å². The molecule has 6 heteroatoms. The molecule has 2 aliphatic rings. The van der Waals surface area contributed by atoms with Gasteiger partial charge in [-0.1, -0.05) is 23.8 Å². The van der Waals surface area contributed by atoms with Crippen molar-refractivity contribution in [2.75, 3.05) is 15.5 Å². The zero-order valence-corrected chi connectivity index (χ0v) is 12.3. The highest BCUT2D eigenvalue weighted by Crippen LogP contribution is 2.36. The number of amides is 3. The third-order valence-electron chi connectivity index (χ3n) is 4.06. The second kappa shape index (κ2) is 4.67.